The number of fused-ring (bicyclic) bond motifs is 2. The number of nitrogens with zero attached hydrogens (tertiary/aromatic N) is 6. The van der Waals surface area contributed by atoms with E-state index in [1.54, 1.807) is 43.5 Å². The van der Waals surface area contributed by atoms with Gasteiger partial charge in [-0.25, -0.2) is 9.78 Å². The molecule has 1 aromatic carbocycles. The van der Waals surface area contributed by atoms with Crippen molar-refractivity contribution in [1.82, 2.24) is 34.5 Å². The van der Waals surface area contributed by atoms with Gasteiger partial charge in [0, 0.05) is 67.6 Å². The standard InChI is InChI=1S/C25H24F3N7O2/c1-29-24(36)34-7-8-35-20(13-34)22(32-23(35)14-3-4-14)16-5-6-30-19-9-17(15-11-31-33(2)12-15)21(10-18(16)19)37-25(26,27)28/h5-6,9-12,14H,3-4,7-8,13H2,1-2H3,(H,29,36). The molecule has 12 heteroatoms. The Kier molecular flexibility index (Phi) is 5.35. The maximum atomic E-state index is 13.4. The summed E-state index contributed by atoms with van der Waals surface area (Å²) in [6.07, 6.45) is 1.93. The molecular weight excluding hydrogens is 487 g/mol. The Morgan fingerprint density at radius 3 is 2.68 bits per heavy atom. The number of aryl methyl sites for hydroxylation is 1. The Bertz CT molecular complexity index is 1520. The summed E-state index contributed by atoms with van der Waals surface area (Å²) in [4.78, 5) is 23.5. The number of benzene rings is 1. The first kappa shape index (κ1) is 23.3. The molecule has 2 aliphatic rings. The maximum absolute atomic E-state index is 13.4. The molecule has 1 aliphatic carbocycles. The lowest BCUT2D eigenvalue weighted by Gasteiger charge is -2.29. The normalized spacial score (nSPS) is 15.6. The van der Waals surface area contributed by atoms with Gasteiger partial charge in [0.2, 0.25) is 0 Å². The summed E-state index contributed by atoms with van der Waals surface area (Å²) in [6, 6.07) is 4.52. The average molecular weight is 512 g/mol. The summed E-state index contributed by atoms with van der Waals surface area (Å²) < 4.78 is 48.4. The quantitative estimate of drug-likeness (QED) is 0.438. The van der Waals surface area contributed by atoms with E-state index in [9.17, 15) is 18.0 Å². The van der Waals surface area contributed by atoms with Crippen LogP contribution in [0.3, 0.4) is 0 Å². The number of carbonyl (C=O) groups excluding carboxylic acids is 1. The molecule has 37 heavy (non-hydrogen) atoms. The van der Waals surface area contributed by atoms with Crippen LogP contribution in [0.5, 0.6) is 5.75 Å². The van der Waals surface area contributed by atoms with Gasteiger partial charge < -0.3 is 19.5 Å². The zero-order valence-electron chi connectivity index (χ0n) is 20.2. The minimum Gasteiger partial charge on any atom is -0.405 e. The van der Waals surface area contributed by atoms with E-state index in [-0.39, 0.29) is 17.3 Å². The minimum atomic E-state index is -4.88. The SMILES string of the molecule is CNC(=O)N1CCn2c(C3CC3)nc(-c3ccnc4cc(-c5cnn(C)c5)c(OC(F)(F)F)cc34)c2C1. The third-order valence-electron chi connectivity index (χ3n) is 6.82. The highest BCUT2D eigenvalue weighted by Crippen LogP contribution is 2.44. The molecule has 0 unspecified atom stereocenters. The lowest BCUT2D eigenvalue weighted by atomic mass is 9.99. The van der Waals surface area contributed by atoms with Gasteiger partial charge >= 0.3 is 12.4 Å². The molecule has 0 atom stereocenters. The Labute approximate surface area is 209 Å². The van der Waals surface area contributed by atoms with E-state index < -0.39 is 6.36 Å². The van der Waals surface area contributed by atoms with Crippen molar-refractivity contribution in [2.45, 2.75) is 38.2 Å². The number of hydrogen-bond acceptors (Lipinski definition) is 5. The summed E-state index contributed by atoms with van der Waals surface area (Å²) in [5.41, 5.74) is 3.36. The van der Waals surface area contributed by atoms with E-state index in [1.807, 2.05) is 0 Å². The largest absolute Gasteiger partial charge is 0.573 e. The Morgan fingerprint density at radius 2 is 2.00 bits per heavy atom. The molecule has 1 N–H and O–H groups in total. The van der Waals surface area contributed by atoms with E-state index in [1.165, 1.54) is 16.9 Å². The number of halogens is 3. The molecule has 0 radical (unpaired) electrons. The van der Waals surface area contributed by atoms with Crippen molar-refractivity contribution in [2.24, 2.45) is 7.05 Å². The van der Waals surface area contributed by atoms with E-state index in [0.29, 0.717) is 53.3 Å². The summed E-state index contributed by atoms with van der Waals surface area (Å²) in [6.45, 7) is 1.51. The number of urea groups is 1. The van der Waals surface area contributed by atoms with Gasteiger partial charge in [0.25, 0.3) is 0 Å². The highest BCUT2D eigenvalue weighted by Gasteiger charge is 2.36. The second-order valence-corrected chi connectivity index (χ2v) is 9.34. The number of imidazole rings is 1. The highest BCUT2D eigenvalue weighted by atomic mass is 19.4. The molecule has 1 fully saturated rings. The summed E-state index contributed by atoms with van der Waals surface area (Å²) in [5.74, 6) is 0.975. The number of rotatable bonds is 4. The van der Waals surface area contributed by atoms with Gasteiger partial charge in [-0.3, -0.25) is 9.67 Å². The van der Waals surface area contributed by atoms with Crippen LogP contribution in [0.2, 0.25) is 0 Å². The smallest absolute Gasteiger partial charge is 0.405 e. The van der Waals surface area contributed by atoms with Crippen molar-refractivity contribution >= 4 is 16.9 Å². The second kappa shape index (κ2) is 8.49. The van der Waals surface area contributed by atoms with Crippen molar-refractivity contribution in [2.75, 3.05) is 13.6 Å². The highest BCUT2D eigenvalue weighted by molar-refractivity contribution is 5.98. The third kappa shape index (κ3) is 4.25. The van der Waals surface area contributed by atoms with Crippen molar-refractivity contribution in [3.05, 3.63) is 48.3 Å². The number of ether oxygens (including phenoxy) is 1. The molecule has 9 nitrogen and oxygen atoms in total. The predicted octanol–water partition coefficient (Wildman–Crippen LogP) is 4.43. The molecule has 0 bridgehead atoms. The molecule has 2 amide bonds. The van der Waals surface area contributed by atoms with Gasteiger partial charge in [0.1, 0.15) is 11.6 Å². The Morgan fingerprint density at radius 1 is 1.19 bits per heavy atom. The maximum Gasteiger partial charge on any atom is 0.573 e. The first-order valence-corrected chi connectivity index (χ1v) is 12.0. The molecule has 1 saturated carbocycles. The Balaban J connectivity index is 1.54. The van der Waals surface area contributed by atoms with Gasteiger partial charge in [0.05, 0.1) is 29.6 Å². The molecule has 6 rings (SSSR count). The van der Waals surface area contributed by atoms with Crippen molar-refractivity contribution in [1.29, 1.82) is 0 Å². The van der Waals surface area contributed by atoms with E-state index in [4.69, 9.17) is 4.98 Å². The van der Waals surface area contributed by atoms with Gasteiger partial charge in [-0.15, -0.1) is 13.2 Å². The zero-order chi connectivity index (χ0) is 25.9. The van der Waals surface area contributed by atoms with Crippen LogP contribution in [0.1, 0.15) is 30.3 Å². The van der Waals surface area contributed by atoms with Gasteiger partial charge in [-0.2, -0.15) is 5.10 Å². The third-order valence-corrected chi connectivity index (χ3v) is 6.82. The van der Waals surface area contributed by atoms with Gasteiger partial charge in [0.15, 0.2) is 0 Å². The van der Waals surface area contributed by atoms with E-state index in [0.717, 1.165) is 24.4 Å². The fraction of sp³-hybridized carbons (Fsp3) is 0.360. The van der Waals surface area contributed by atoms with Crippen LogP contribution in [0.4, 0.5) is 18.0 Å². The summed E-state index contributed by atoms with van der Waals surface area (Å²) in [5, 5.41) is 7.23. The molecule has 1 aliphatic heterocycles. The minimum absolute atomic E-state index is 0.187. The fourth-order valence-electron chi connectivity index (χ4n) is 4.97. The summed E-state index contributed by atoms with van der Waals surface area (Å²) >= 11 is 0. The van der Waals surface area contributed by atoms with Crippen LogP contribution in [0, 0.1) is 0 Å². The topological polar surface area (TPSA) is 90.1 Å². The molecular formula is C25H24F3N7O2. The molecule has 0 spiro atoms. The number of hydrogen-bond donors (Lipinski definition) is 1. The molecule has 0 saturated heterocycles. The number of pyridine rings is 1. The first-order valence-electron chi connectivity index (χ1n) is 12.0. The zero-order valence-corrected chi connectivity index (χ0v) is 20.2. The molecule has 3 aromatic heterocycles. The number of aromatic nitrogens is 5. The van der Waals surface area contributed by atoms with Crippen molar-refractivity contribution < 1.29 is 22.7 Å². The molecule has 192 valence electrons. The number of carbonyl (C=O) groups is 1. The molecule has 4 aromatic rings. The van der Waals surface area contributed by atoms with E-state index in [2.05, 4.69) is 24.7 Å². The van der Waals surface area contributed by atoms with Crippen LogP contribution in [0.25, 0.3) is 33.3 Å². The Hall–Kier alpha value is -4.09. The average Bonchev–Trinajstić information content (AvgIpc) is 3.51. The molecule has 4 heterocycles. The number of alkyl halides is 3. The van der Waals surface area contributed by atoms with Crippen LogP contribution < -0.4 is 10.1 Å². The van der Waals surface area contributed by atoms with Crippen molar-refractivity contribution in [3.8, 4) is 28.1 Å². The summed E-state index contributed by atoms with van der Waals surface area (Å²) in [7, 11) is 3.27. The fourth-order valence-corrected chi connectivity index (χ4v) is 4.97. The van der Waals surface area contributed by atoms with Crippen LogP contribution in [-0.4, -0.2) is 55.2 Å². The van der Waals surface area contributed by atoms with Crippen molar-refractivity contribution in [3.63, 3.8) is 0 Å². The number of nitrogens with one attached hydrogen (secondary N) is 1. The van der Waals surface area contributed by atoms with Gasteiger partial charge in [-0.05, 0) is 31.0 Å². The van der Waals surface area contributed by atoms with Crippen LogP contribution >= 0.6 is 0 Å². The second-order valence-electron chi connectivity index (χ2n) is 9.34. The van der Waals surface area contributed by atoms with Gasteiger partial charge in [-0.1, -0.05) is 0 Å². The van der Waals surface area contributed by atoms with Crippen LogP contribution in [0.15, 0.2) is 36.8 Å². The first-order chi connectivity index (χ1) is 17.7. The number of amides is 2. The lowest BCUT2D eigenvalue weighted by molar-refractivity contribution is -0.274. The van der Waals surface area contributed by atoms with E-state index >= 15 is 0 Å². The predicted molar refractivity (Wildman–Crippen MR) is 129 cm³/mol. The monoisotopic (exact) mass is 511 g/mol. The van der Waals surface area contributed by atoms with Crippen LogP contribution in [-0.2, 0) is 20.1 Å². The lowest BCUT2D eigenvalue weighted by Crippen LogP contribution is -2.43.